The Morgan fingerprint density at radius 3 is 2.74 bits per heavy atom. The molecule has 1 saturated heterocycles. The van der Waals surface area contributed by atoms with E-state index >= 15 is 0 Å². The van der Waals surface area contributed by atoms with Crippen LogP contribution >= 0.6 is 0 Å². The summed E-state index contributed by atoms with van der Waals surface area (Å²) in [5.41, 5.74) is 6.41. The standard InChI is InChI=1S/C30H33N5O4/c1-3-39-28-12-11-21(15-31-33-30(38)25-7-4-5-8-26(25)32-20(2)36)13-24(28)19-34-16-22-14-23(18-34)27-9-6-10-29(37)35(27)17-22/h4-13,15,22-23H,3,14,16-19H2,1-2H3,(H,32,36)(H,33,38)/b31-15+. The van der Waals surface area contributed by atoms with Crippen LogP contribution in [0.4, 0.5) is 5.69 Å². The number of hydrogen-bond acceptors (Lipinski definition) is 6. The first-order chi connectivity index (χ1) is 18.9. The zero-order valence-corrected chi connectivity index (χ0v) is 22.2. The molecule has 9 nitrogen and oxygen atoms in total. The molecule has 202 valence electrons. The third-order valence-electron chi connectivity index (χ3n) is 7.20. The third-order valence-corrected chi connectivity index (χ3v) is 7.20. The quantitative estimate of drug-likeness (QED) is 0.344. The zero-order chi connectivity index (χ0) is 27.4. The van der Waals surface area contributed by atoms with Crippen molar-refractivity contribution in [3.8, 4) is 5.75 Å². The molecule has 3 heterocycles. The topological polar surface area (TPSA) is 105 Å². The molecule has 9 heteroatoms. The van der Waals surface area contributed by atoms with Gasteiger partial charge in [0, 0.05) is 56.3 Å². The highest BCUT2D eigenvalue weighted by molar-refractivity contribution is 6.03. The predicted molar refractivity (Wildman–Crippen MR) is 150 cm³/mol. The molecule has 2 aliphatic heterocycles. The van der Waals surface area contributed by atoms with Gasteiger partial charge in [0.25, 0.3) is 11.5 Å². The highest BCUT2D eigenvalue weighted by atomic mass is 16.5. The van der Waals surface area contributed by atoms with Crippen molar-refractivity contribution < 1.29 is 14.3 Å². The van der Waals surface area contributed by atoms with Gasteiger partial charge >= 0.3 is 0 Å². The number of aromatic nitrogens is 1. The molecule has 1 fully saturated rings. The summed E-state index contributed by atoms with van der Waals surface area (Å²) in [7, 11) is 0. The maximum Gasteiger partial charge on any atom is 0.273 e. The van der Waals surface area contributed by atoms with Crippen molar-refractivity contribution in [1.82, 2.24) is 14.9 Å². The van der Waals surface area contributed by atoms with Gasteiger partial charge in [-0.2, -0.15) is 5.10 Å². The van der Waals surface area contributed by atoms with Crippen LogP contribution in [0.5, 0.6) is 5.75 Å². The van der Waals surface area contributed by atoms with E-state index in [1.807, 2.05) is 35.8 Å². The third kappa shape index (κ3) is 6.09. The van der Waals surface area contributed by atoms with Crippen LogP contribution in [0.2, 0.25) is 0 Å². The number of nitrogens with one attached hydrogen (secondary N) is 2. The van der Waals surface area contributed by atoms with E-state index in [0.29, 0.717) is 29.7 Å². The average molecular weight is 528 g/mol. The van der Waals surface area contributed by atoms with Crippen molar-refractivity contribution in [3.63, 3.8) is 0 Å². The second kappa shape index (κ2) is 11.7. The fraction of sp³-hybridized carbons (Fsp3) is 0.333. The summed E-state index contributed by atoms with van der Waals surface area (Å²) >= 11 is 0. The van der Waals surface area contributed by atoms with Crippen LogP contribution in [0.3, 0.4) is 0 Å². The van der Waals surface area contributed by atoms with Crippen LogP contribution in [-0.4, -0.2) is 47.2 Å². The monoisotopic (exact) mass is 527 g/mol. The molecule has 2 atom stereocenters. The molecular formula is C30H33N5O4. The van der Waals surface area contributed by atoms with Crippen molar-refractivity contribution in [1.29, 1.82) is 0 Å². The van der Waals surface area contributed by atoms with Crippen molar-refractivity contribution in [2.75, 3.05) is 25.0 Å². The van der Waals surface area contributed by atoms with Crippen LogP contribution in [0.1, 0.15) is 53.4 Å². The largest absolute Gasteiger partial charge is 0.494 e. The average Bonchev–Trinajstić information content (AvgIpc) is 2.91. The van der Waals surface area contributed by atoms with Gasteiger partial charge in [0.1, 0.15) is 5.75 Å². The Bertz CT molecular complexity index is 1460. The van der Waals surface area contributed by atoms with Crippen LogP contribution in [0, 0.1) is 5.92 Å². The number of para-hydroxylation sites is 1. The smallest absolute Gasteiger partial charge is 0.273 e. The molecule has 2 aromatic carbocycles. The number of fused-ring (bicyclic) bond motifs is 4. The summed E-state index contributed by atoms with van der Waals surface area (Å²) in [5.74, 6) is 0.932. The molecular weight excluding hydrogens is 494 g/mol. The Labute approximate surface area is 227 Å². The number of likely N-dealkylation sites (tertiary alicyclic amines) is 1. The van der Waals surface area contributed by atoms with Crippen molar-refractivity contribution in [2.45, 2.75) is 39.3 Å². The lowest BCUT2D eigenvalue weighted by Gasteiger charge is -2.43. The van der Waals surface area contributed by atoms with Gasteiger partial charge in [-0.25, -0.2) is 5.43 Å². The Morgan fingerprint density at radius 1 is 1.08 bits per heavy atom. The first-order valence-electron chi connectivity index (χ1n) is 13.3. The van der Waals surface area contributed by atoms with E-state index in [-0.39, 0.29) is 11.5 Å². The van der Waals surface area contributed by atoms with Gasteiger partial charge in [0.05, 0.1) is 24.1 Å². The highest BCUT2D eigenvalue weighted by Crippen LogP contribution is 2.36. The maximum absolute atomic E-state index is 12.7. The lowest BCUT2D eigenvalue weighted by Crippen LogP contribution is -2.46. The molecule has 2 aliphatic rings. The second-order valence-electron chi connectivity index (χ2n) is 10.1. The number of pyridine rings is 1. The number of hydrogen-bond donors (Lipinski definition) is 2. The van der Waals surface area contributed by atoms with E-state index in [1.165, 1.54) is 6.92 Å². The highest BCUT2D eigenvalue weighted by Gasteiger charge is 2.34. The molecule has 0 aliphatic carbocycles. The molecule has 0 saturated carbocycles. The van der Waals surface area contributed by atoms with Gasteiger partial charge in [-0.05, 0) is 61.2 Å². The van der Waals surface area contributed by atoms with Crippen LogP contribution in [0.15, 0.2) is 70.6 Å². The minimum atomic E-state index is -0.416. The van der Waals surface area contributed by atoms with E-state index in [0.717, 1.165) is 55.2 Å². The summed E-state index contributed by atoms with van der Waals surface area (Å²) in [6.45, 7) is 7.21. The number of anilines is 1. The Balaban J connectivity index is 1.29. The van der Waals surface area contributed by atoms with Gasteiger partial charge in [-0.15, -0.1) is 0 Å². The molecule has 2 amide bonds. The van der Waals surface area contributed by atoms with E-state index in [1.54, 1.807) is 36.5 Å². The second-order valence-corrected chi connectivity index (χ2v) is 10.1. The molecule has 3 aromatic rings. The minimum absolute atomic E-state index is 0.0898. The van der Waals surface area contributed by atoms with E-state index < -0.39 is 5.91 Å². The van der Waals surface area contributed by atoms with Gasteiger partial charge in [0.15, 0.2) is 0 Å². The molecule has 2 unspecified atom stereocenters. The number of amides is 2. The normalized spacial score (nSPS) is 18.4. The van der Waals surface area contributed by atoms with E-state index in [2.05, 4.69) is 26.8 Å². The molecule has 5 rings (SSSR count). The van der Waals surface area contributed by atoms with Crippen LogP contribution in [-0.2, 0) is 17.9 Å². The number of rotatable bonds is 8. The summed E-state index contributed by atoms with van der Waals surface area (Å²) in [6.07, 6.45) is 2.71. The van der Waals surface area contributed by atoms with Crippen LogP contribution in [0.25, 0.3) is 0 Å². The first-order valence-corrected chi connectivity index (χ1v) is 13.3. The van der Waals surface area contributed by atoms with Gasteiger partial charge in [0.2, 0.25) is 5.91 Å². The maximum atomic E-state index is 12.7. The molecule has 0 spiro atoms. The number of piperidine rings is 1. The molecule has 39 heavy (non-hydrogen) atoms. The SMILES string of the molecule is CCOc1ccc(/C=N/NC(=O)c2ccccc2NC(C)=O)cc1CN1CC2CC(C1)c1cccc(=O)n1C2. The number of hydrazone groups is 1. The summed E-state index contributed by atoms with van der Waals surface area (Å²) < 4.78 is 7.87. The van der Waals surface area contributed by atoms with Crippen molar-refractivity contribution in [3.05, 3.63) is 93.4 Å². The molecule has 0 radical (unpaired) electrons. The molecule has 2 bridgehead atoms. The first kappa shape index (κ1) is 26.4. The Morgan fingerprint density at radius 2 is 1.92 bits per heavy atom. The van der Waals surface area contributed by atoms with Crippen LogP contribution < -0.4 is 21.0 Å². The van der Waals surface area contributed by atoms with Gasteiger partial charge < -0.3 is 14.6 Å². The zero-order valence-electron chi connectivity index (χ0n) is 22.2. The summed E-state index contributed by atoms with van der Waals surface area (Å²) in [5, 5.41) is 6.82. The minimum Gasteiger partial charge on any atom is -0.494 e. The number of benzene rings is 2. The fourth-order valence-corrected chi connectivity index (χ4v) is 5.67. The fourth-order valence-electron chi connectivity index (χ4n) is 5.67. The lowest BCUT2D eigenvalue weighted by molar-refractivity contribution is -0.114. The molecule has 1 aromatic heterocycles. The van der Waals surface area contributed by atoms with E-state index in [4.69, 9.17) is 4.74 Å². The number of carbonyl (C=O) groups excluding carboxylic acids is 2. The summed E-state index contributed by atoms with van der Waals surface area (Å²) in [6, 6.07) is 18.3. The molecule has 2 N–H and O–H groups in total. The number of nitrogens with zero attached hydrogens (tertiary/aromatic N) is 3. The Hall–Kier alpha value is -4.24. The Kier molecular flexibility index (Phi) is 7.88. The van der Waals surface area contributed by atoms with E-state index in [9.17, 15) is 14.4 Å². The predicted octanol–water partition coefficient (Wildman–Crippen LogP) is 3.59. The van der Waals surface area contributed by atoms with Gasteiger partial charge in [-0.1, -0.05) is 18.2 Å². The van der Waals surface area contributed by atoms with Gasteiger partial charge in [-0.3, -0.25) is 19.3 Å². The van der Waals surface area contributed by atoms with Crippen molar-refractivity contribution in [2.24, 2.45) is 11.0 Å². The summed E-state index contributed by atoms with van der Waals surface area (Å²) in [4.78, 5) is 39.0. The van der Waals surface area contributed by atoms with Crippen molar-refractivity contribution >= 4 is 23.7 Å². The number of carbonyl (C=O) groups is 2. The number of ether oxygens (including phenoxy) is 1. The lowest BCUT2D eigenvalue weighted by atomic mass is 9.83.